The highest BCUT2D eigenvalue weighted by Crippen LogP contribution is 2.18. The van der Waals surface area contributed by atoms with Crippen LogP contribution in [-0.4, -0.2) is 20.4 Å². The maximum atomic E-state index is 12.3. The van der Waals surface area contributed by atoms with Crippen molar-refractivity contribution >= 4 is 26.5 Å². The van der Waals surface area contributed by atoms with Crippen LogP contribution in [0.2, 0.25) is 0 Å². The maximum Gasteiger partial charge on any atom is 0.241 e. The molecule has 0 aliphatic rings. The summed E-state index contributed by atoms with van der Waals surface area (Å²) in [7, 11) is -1.73. The van der Waals surface area contributed by atoms with E-state index in [1.165, 1.54) is 11.3 Å². The lowest BCUT2D eigenvalue weighted by Crippen LogP contribution is -2.24. The lowest BCUT2D eigenvalue weighted by molar-refractivity contribution is 0.580. The van der Waals surface area contributed by atoms with Gasteiger partial charge in [-0.2, -0.15) is 0 Å². The number of hydrogen-bond acceptors (Lipinski definition) is 5. The molecule has 0 amide bonds. The van der Waals surface area contributed by atoms with Gasteiger partial charge in [0, 0.05) is 12.4 Å². The van der Waals surface area contributed by atoms with Crippen LogP contribution in [0.4, 0.5) is 5.13 Å². The Morgan fingerprint density at radius 1 is 1.30 bits per heavy atom. The molecule has 0 spiro atoms. The van der Waals surface area contributed by atoms with Gasteiger partial charge in [-0.25, -0.2) is 18.1 Å². The minimum atomic E-state index is -3.51. The monoisotopic (exact) mass is 311 g/mol. The second-order valence-corrected chi connectivity index (χ2v) is 7.08. The fourth-order valence-corrected chi connectivity index (χ4v) is 3.75. The fourth-order valence-electron chi connectivity index (χ4n) is 1.85. The molecule has 0 aliphatic carbocycles. The Labute approximate surface area is 123 Å². The minimum Gasteiger partial charge on any atom is -0.365 e. The van der Waals surface area contributed by atoms with Gasteiger partial charge in [0.25, 0.3) is 0 Å². The third kappa shape index (κ3) is 3.36. The van der Waals surface area contributed by atoms with Gasteiger partial charge in [0.2, 0.25) is 10.0 Å². The van der Waals surface area contributed by atoms with E-state index in [1.807, 2.05) is 18.4 Å². The smallest absolute Gasteiger partial charge is 0.241 e. The van der Waals surface area contributed by atoms with Crippen molar-refractivity contribution in [3.05, 3.63) is 40.4 Å². The van der Waals surface area contributed by atoms with Crippen molar-refractivity contribution < 1.29 is 8.42 Å². The Morgan fingerprint density at radius 3 is 2.65 bits per heavy atom. The standard InChI is InChI=1S/C13H17N3O2S2/c1-9-4-5-12(10(2)6-9)20(17,18)15-7-11-8-19-13(14-3)16-11/h4-6,8,15H,7H2,1-3H3,(H,14,16). The second kappa shape index (κ2) is 5.90. The predicted molar refractivity (Wildman–Crippen MR) is 81.6 cm³/mol. The van der Waals surface area contributed by atoms with Crippen LogP contribution in [0.15, 0.2) is 28.5 Å². The van der Waals surface area contributed by atoms with E-state index in [4.69, 9.17) is 0 Å². The summed E-state index contributed by atoms with van der Waals surface area (Å²) in [6.07, 6.45) is 0. The Balaban J connectivity index is 2.14. The Bertz CT molecular complexity index is 708. The van der Waals surface area contributed by atoms with Crippen LogP contribution in [0.3, 0.4) is 0 Å². The number of nitrogens with one attached hydrogen (secondary N) is 2. The summed E-state index contributed by atoms with van der Waals surface area (Å²) >= 11 is 1.44. The first-order valence-electron chi connectivity index (χ1n) is 6.11. The molecule has 0 atom stereocenters. The summed E-state index contributed by atoms with van der Waals surface area (Å²) in [5.74, 6) is 0. The van der Waals surface area contributed by atoms with Gasteiger partial charge in [0.1, 0.15) is 0 Å². The third-order valence-electron chi connectivity index (χ3n) is 2.83. The van der Waals surface area contributed by atoms with Gasteiger partial charge in [0.05, 0.1) is 17.1 Å². The number of rotatable bonds is 5. The molecule has 0 aliphatic heterocycles. The molecule has 1 aromatic carbocycles. The van der Waals surface area contributed by atoms with E-state index in [0.29, 0.717) is 10.6 Å². The number of anilines is 1. The molecule has 108 valence electrons. The van der Waals surface area contributed by atoms with Crippen LogP contribution in [0, 0.1) is 13.8 Å². The number of benzene rings is 1. The van der Waals surface area contributed by atoms with Crippen LogP contribution in [0.1, 0.15) is 16.8 Å². The van der Waals surface area contributed by atoms with Gasteiger partial charge in [-0.05, 0) is 25.5 Å². The Kier molecular flexibility index (Phi) is 4.42. The molecule has 0 saturated carbocycles. The largest absolute Gasteiger partial charge is 0.365 e. The number of hydrogen-bond donors (Lipinski definition) is 2. The molecule has 0 radical (unpaired) electrons. The molecule has 2 rings (SSSR count). The van der Waals surface area contributed by atoms with Gasteiger partial charge < -0.3 is 5.32 Å². The van der Waals surface area contributed by atoms with E-state index in [-0.39, 0.29) is 6.54 Å². The summed E-state index contributed by atoms with van der Waals surface area (Å²) < 4.78 is 27.1. The molecule has 0 fully saturated rings. The van der Waals surface area contributed by atoms with Gasteiger partial charge in [-0.1, -0.05) is 17.7 Å². The van der Waals surface area contributed by atoms with Crippen LogP contribution < -0.4 is 10.0 Å². The summed E-state index contributed by atoms with van der Waals surface area (Å²) in [6, 6.07) is 5.28. The number of aryl methyl sites for hydroxylation is 2. The molecule has 7 heteroatoms. The molecule has 1 heterocycles. The molecular formula is C13H17N3O2S2. The first kappa shape index (κ1) is 15.0. The second-order valence-electron chi connectivity index (χ2n) is 4.49. The van der Waals surface area contributed by atoms with E-state index in [2.05, 4.69) is 15.0 Å². The van der Waals surface area contributed by atoms with E-state index in [1.54, 1.807) is 26.1 Å². The van der Waals surface area contributed by atoms with Crippen LogP contribution in [0.5, 0.6) is 0 Å². The van der Waals surface area contributed by atoms with Crippen molar-refractivity contribution in [1.29, 1.82) is 0 Å². The third-order valence-corrected chi connectivity index (χ3v) is 5.30. The molecule has 0 saturated heterocycles. The molecule has 0 unspecified atom stereocenters. The average molecular weight is 311 g/mol. The van der Waals surface area contributed by atoms with Crippen molar-refractivity contribution in [3.8, 4) is 0 Å². The molecule has 2 aromatic rings. The number of aromatic nitrogens is 1. The topological polar surface area (TPSA) is 71.1 Å². The zero-order chi connectivity index (χ0) is 14.8. The van der Waals surface area contributed by atoms with Gasteiger partial charge in [-0.15, -0.1) is 11.3 Å². The first-order chi connectivity index (χ1) is 9.42. The fraction of sp³-hybridized carbons (Fsp3) is 0.308. The summed E-state index contributed by atoms with van der Waals surface area (Å²) in [4.78, 5) is 4.55. The first-order valence-corrected chi connectivity index (χ1v) is 8.48. The van der Waals surface area contributed by atoms with Gasteiger partial charge in [0.15, 0.2) is 5.13 Å². The zero-order valence-electron chi connectivity index (χ0n) is 11.6. The average Bonchev–Trinajstić information content (AvgIpc) is 2.84. The summed E-state index contributed by atoms with van der Waals surface area (Å²) in [5.41, 5.74) is 2.49. The van der Waals surface area contributed by atoms with Crippen LogP contribution in [-0.2, 0) is 16.6 Å². The highest BCUT2D eigenvalue weighted by atomic mass is 32.2. The van der Waals surface area contributed by atoms with Crippen LogP contribution in [0.25, 0.3) is 0 Å². The molecule has 5 nitrogen and oxygen atoms in total. The lowest BCUT2D eigenvalue weighted by Gasteiger charge is -2.09. The van der Waals surface area contributed by atoms with Crippen molar-refractivity contribution in [2.45, 2.75) is 25.3 Å². The normalized spacial score (nSPS) is 11.6. The van der Waals surface area contributed by atoms with Gasteiger partial charge >= 0.3 is 0 Å². The molecule has 20 heavy (non-hydrogen) atoms. The van der Waals surface area contributed by atoms with E-state index in [0.717, 1.165) is 16.3 Å². The Morgan fingerprint density at radius 2 is 2.05 bits per heavy atom. The van der Waals surface area contributed by atoms with Crippen molar-refractivity contribution in [1.82, 2.24) is 9.71 Å². The van der Waals surface area contributed by atoms with Crippen molar-refractivity contribution in [3.63, 3.8) is 0 Å². The number of nitrogens with zero attached hydrogens (tertiary/aromatic N) is 1. The SMILES string of the molecule is CNc1nc(CNS(=O)(=O)c2ccc(C)cc2C)cs1. The quantitative estimate of drug-likeness (QED) is 0.888. The highest BCUT2D eigenvalue weighted by molar-refractivity contribution is 7.89. The van der Waals surface area contributed by atoms with Crippen LogP contribution >= 0.6 is 11.3 Å². The molecular weight excluding hydrogens is 294 g/mol. The van der Waals surface area contributed by atoms with E-state index in [9.17, 15) is 8.42 Å². The summed E-state index contributed by atoms with van der Waals surface area (Å²) in [6.45, 7) is 3.92. The van der Waals surface area contributed by atoms with Crippen molar-refractivity contribution in [2.75, 3.05) is 12.4 Å². The Hall–Kier alpha value is -1.44. The van der Waals surface area contributed by atoms with E-state index >= 15 is 0 Å². The zero-order valence-corrected chi connectivity index (χ0v) is 13.2. The number of thiazole rings is 1. The minimum absolute atomic E-state index is 0.188. The number of sulfonamides is 1. The molecule has 2 N–H and O–H groups in total. The highest BCUT2D eigenvalue weighted by Gasteiger charge is 2.16. The lowest BCUT2D eigenvalue weighted by atomic mass is 10.2. The van der Waals surface area contributed by atoms with Gasteiger partial charge in [-0.3, -0.25) is 0 Å². The predicted octanol–water partition coefficient (Wildman–Crippen LogP) is 2.28. The molecule has 1 aromatic heterocycles. The summed E-state index contributed by atoms with van der Waals surface area (Å²) in [5, 5.41) is 5.52. The van der Waals surface area contributed by atoms with Crippen molar-refractivity contribution in [2.24, 2.45) is 0 Å². The maximum absolute atomic E-state index is 12.3. The van der Waals surface area contributed by atoms with E-state index < -0.39 is 10.0 Å². The molecule has 0 bridgehead atoms.